The lowest BCUT2D eigenvalue weighted by Crippen LogP contribution is -2.07. The lowest BCUT2D eigenvalue weighted by atomic mass is 10.1. The molecule has 4 nitrogen and oxygen atoms in total. The maximum absolute atomic E-state index is 14.0. The van der Waals surface area contributed by atoms with Crippen LogP contribution in [0, 0.1) is 12.7 Å². The summed E-state index contributed by atoms with van der Waals surface area (Å²) in [5.41, 5.74) is 0.883. The number of carbonyl (C=O) groups excluding carboxylic acids is 2. The molecule has 0 unspecified atom stereocenters. The zero-order valence-electron chi connectivity index (χ0n) is 14.5. The Bertz CT molecular complexity index is 1120. The van der Waals surface area contributed by atoms with E-state index in [1.165, 1.54) is 41.7 Å². The molecular formula is C21H12ClFO4S. The fourth-order valence-electron chi connectivity index (χ4n) is 2.80. The molecule has 1 aromatic heterocycles. The number of fused-ring (bicyclic) bond motifs is 1. The van der Waals surface area contributed by atoms with Crippen LogP contribution in [0.2, 0.25) is 5.02 Å². The Balaban J connectivity index is 1.67. The Morgan fingerprint density at radius 3 is 2.75 bits per heavy atom. The molecule has 0 atom stereocenters. The summed E-state index contributed by atoms with van der Waals surface area (Å²) >= 11 is 7.29. The van der Waals surface area contributed by atoms with E-state index in [0.29, 0.717) is 16.0 Å². The minimum Gasteiger partial charge on any atom is -0.452 e. The average Bonchev–Trinajstić information content (AvgIpc) is 3.30. The van der Waals surface area contributed by atoms with Crippen LogP contribution in [0.4, 0.5) is 4.39 Å². The second-order valence-electron chi connectivity index (χ2n) is 6.01. The molecule has 3 aromatic rings. The molecule has 140 valence electrons. The first-order valence-corrected chi connectivity index (χ1v) is 9.49. The zero-order chi connectivity index (χ0) is 19.8. The van der Waals surface area contributed by atoms with Crippen LogP contribution in [0.5, 0.6) is 11.5 Å². The molecule has 4 rings (SSSR count). The van der Waals surface area contributed by atoms with Crippen LogP contribution in [0.15, 0.2) is 53.6 Å². The topological polar surface area (TPSA) is 52.6 Å². The zero-order valence-corrected chi connectivity index (χ0v) is 16.1. The first kappa shape index (κ1) is 18.4. The summed E-state index contributed by atoms with van der Waals surface area (Å²) in [4.78, 5) is 25.3. The third kappa shape index (κ3) is 3.21. The van der Waals surface area contributed by atoms with E-state index in [1.807, 2.05) is 0 Å². The Labute approximate surface area is 168 Å². The molecule has 0 saturated heterocycles. The van der Waals surface area contributed by atoms with Gasteiger partial charge in [0.2, 0.25) is 5.78 Å². The number of carbonyl (C=O) groups is 2. The summed E-state index contributed by atoms with van der Waals surface area (Å²) in [6, 6.07) is 10.7. The number of thiophene rings is 1. The van der Waals surface area contributed by atoms with Crippen molar-refractivity contribution in [3.63, 3.8) is 0 Å². The summed E-state index contributed by atoms with van der Waals surface area (Å²) < 4.78 is 25.1. The van der Waals surface area contributed by atoms with Gasteiger partial charge in [0.1, 0.15) is 22.2 Å². The second kappa shape index (κ2) is 7.22. The van der Waals surface area contributed by atoms with Crippen molar-refractivity contribution in [2.75, 3.05) is 0 Å². The number of ether oxygens (including phenoxy) is 2. The Kier molecular flexibility index (Phi) is 4.75. The number of benzene rings is 2. The number of hydrogen-bond donors (Lipinski definition) is 0. The Hall–Kier alpha value is -2.96. The SMILES string of the molecule is Cc1c(OC(=O)c2cccs2)ccc2c1O/C(=C\c1c(F)cccc1Cl)C2=O. The molecule has 0 radical (unpaired) electrons. The van der Waals surface area contributed by atoms with Crippen molar-refractivity contribution < 1.29 is 23.5 Å². The quantitative estimate of drug-likeness (QED) is 0.314. The normalized spacial score (nSPS) is 14.1. The van der Waals surface area contributed by atoms with Gasteiger partial charge in [-0.25, -0.2) is 9.18 Å². The summed E-state index contributed by atoms with van der Waals surface area (Å²) in [7, 11) is 0. The largest absolute Gasteiger partial charge is 0.452 e. The minimum atomic E-state index is -0.561. The number of ketones is 1. The summed E-state index contributed by atoms with van der Waals surface area (Å²) in [6.45, 7) is 1.68. The van der Waals surface area contributed by atoms with Crippen molar-refractivity contribution in [3.8, 4) is 11.5 Å². The second-order valence-corrected chi connectivity index (χ2v) is 7.36. The Morgan fingerprint density at radius 2 is 2.04 bits per heavy atom. The highest BCUT2D eigenvalue weighted by Gasteiger charge is 2.31. The molecule has 0 aliphatic carbocycles. The van der Waals surface area contributed by atoms with Crippen LogP contribution in [-0.4, -0.2) is 11.8 Å². The molecule has 1 aliphatic heterocycles. The van der Waals surface area contributed by atoms with Gasteiger partial charge in [-0.3, -0.25) is 4.79 Å². The summed E-state index contributed by atoms with van der Waals surface area (Å²) in [6.07, 6.45) is 1.27. The molecule has 28 heavy (non-hydrogen) atoms. The highest BCUT2D eigenvalue weighted by atomic mass is 35.5. The van der Waals surface area contributed by atoms with Gasteiger partial charge in [-0.15, -0.1) is 11.3 Å². The van der Waals surface area contributed by atoms with Crippen molar-refractivity contribution in [1.29, 1.82) is 0 Å². The van der Waals surface area contributed by atoms with Gasteiger partial charge in [0.25, 0.3) is 0 Å². The Morgan fingerprint density at radius 1 is 1.21 bits per heavy atom. The summed E-state index contributed by atoms with van der Waals surface area (Å²) in [5, 5.41) is 1.95. The molecule has 0 amide bonds. The molecule has 1 aliphatic rings. The van der Waals surface area contributed by atoms with E-state index >= 15 is 0 Å². The maximum Gasteiger partial charge on any atom is 0.353 e. The smallest absolute Gasteiger partial charge is 0.353 e. The molecule has 0 N–H and O–H groups in total. The van der Waals surface area contributed by atoms with E-state index < -0.39 is 17.6 Å². The van der Waals surface area contributed by atoms with Crippen molar-refractivity contribution in [3.05, 3.63) is 86.0 Å². The van der Waals surface area contributed by atoms with Crippen LogP contribution in [0.25, 0.3) is 6.08 Å². The number of Topliss-reactive ketones (excluding diaryl/α,β-unsaturated/α-hetero) is 1. The number of rotatable bonds is 3. The van der Waals surface area contributed by atoms with Gasteiger partial charge in [0.15, 0.2) is 5.76 Å². The predicted octanol–water partition coefficient (Wildman–Crippen LogP) is 5.68. The van der Waals surface area contributed by atoms with Crippen molar-refractivity contribution >= 4 is 40.8 Å². The van der Waals surface area contributed by atoms with Crippen LogP contribution in [0.3, 0.4) is 0 Å². The third-order valence-corrected chi connectivity index (χ3v) is 5.42. The van der Waals surface area contributed by atoms with Gasteiger partial charge >= 0.3 is 5.97 Å². The minimum absolute atomic E-state index is 0.0492. The van der Waals surface area contributed by atoms with E-state index in [-0.39, 0.29) is 27.8 Å². The third-order valence-electron chi connectivity index (χ3n) is 4.24. The molecule has 0 bridgehead atoms. The van der Waals surface area contributed by atoms with Gasteiger partial charge in [-0.1, -0.05) is 23.7 Å². The molecule has 0 saturated carbocycles. The lowest BCUT2D eigenvalue weighted by Gasteiger charge is -2.09. The van der Waals surface area contributed by atoms with Crippen molar-refractivity contribution in [2.24, 2.45) is 0 Å². The number of esters is 1. The number of hydrogen-bond acceptors (Lipinski definition) is 5. The fourth-order valence-corrected chi connectivity index (χ4v) is 3.62. The van der Waals surface area contributed by atoms with E-state index in [4.69, 9.17) is 21.1 Å². The standard InChI is InChI=1S/C21H12ClFO4S/c1-11-16(27-21(25)18-6-3-9-28-18)8-7-12-19(24)17(26-20(11)12)10-13-14(22)4-2-5-15(13)23/h2-10H,1H3/b17-10-. The average molecular weight is 415 g/mol. The van der Waals surface area contributed by atoms with Gasteiger partial charge < -0.3 is 9.47 Å². The molecule has 0 spiro atoms. The van der Waals surface area contributed by atoms with Gasteiger partial charge in [0.05, 0.1) is 10.6 Å². The highest BCUT2D eigenvalue weighted by molar-refractivity contribution is 7.12. The molecule has 7 heteroatoms. The monoisotopic (exact) mass is 414 g/mol. The predicted molar refractivity (Wildman–Crippen MR) is 105 cm³/mol. The first-order chi connectivity index (χ1) is 13.5. The van der Waals surface area contributed by atoms with Crippen LogP contribution >= 0.6 is 22.9 Å². The van der Waals surface area contributed by atoms with Crippen LogP contribution in [-0.2, 0) is 0 Å². The van der Waals surface area contributed by atoms with E-state index in [0.717, 1.165) is 0 Å². The van der Waals surface area contributed by atoms with Crippen molar-refractivity contribution in [2.45, 2.75) is 6.92 Å². The highest BCUT2D eigenvalue weighted by Crippen LogP contribution is 2.40. The molecule has 2 heterocycles. The van der Waals surface area contributed by atoms with Crippen LogP contribution in [0.1, 0.15) is 31.2 Å². The molecule has 2 aromatic carbocycles. The van der Waals surface area contributed by atoms with E-state index in [9.17, 15) is 14.0 Å². The maximum atomic E-state index is 14.0. The van der Waals surface area contributed by atoms with Crippen molar-refractivity contribution in [1.82, 2.24) is 0 Å². The summed E-state index contributed by atoms with van der Waals surface area (Å²) in [5.74, 6) is -0.929. The van der Waals surface area contributed by atoms with Gasteiger partial charge in [-0.05, 0) is 48.7 Å². The van der Waals surface area contributed by atoms with E-state index in [1.54, 1.807) is 30.5 Å². The number of halogens is 2. The molecule has 0 fully saturated rings. The van der Waals surface area contributed by atoms with Gasteiger partial charge in [0, 0.05) is 11.1 Å². The fraction of sp³-hybridized carbons (Fsp3) is 0.0476. The molecular weight excluding hydrogens is 403 g/mol. The van der Waals surface area contributed by atoms with E-state index in [2.05, 4.69) is 0 Å². The van der Waals surface area contributed by atoms with Gasteiger partial charge in [-0.2, -0.15) is 0 Å². The lowest BCUT2D eigenvalue weighted by molar-refractivity contribution is 0.0738. The first-order valence-electron chi connectivity index (χ1n) is 8.23. The van der Waals surface area contributed by atoms with Crippen LogP contribution < -0.4 is 9.47 Å². The number of allylic oxidation sites excluding steroid dienone is 1.